The molecule has 2 heterocycles. The molecule has 128 valence electrons. The van der Waals surface area contributed by atoms with Crippen molar-refractivity contribution in [1.29, 1.82) is 0 Å². The highest BCUT2D eigenvalue weighted by Crippen LogP contribution is 2.24. The van der Waals surface area contributed by atoms with E-state index in [1.165, 1.54) is 0 Å². The molecule has 0 bridgehead atoms. The molecule has 0 radical (unpaired) electrons. The molecule has 2 fully saturated rings. The Morgan fingerprint density at radius 1 is 1.25 bits per heavy atom. The van der Waals surface area contributed by atoms with Crippen molar-refractivity contribution >= 4 is 29.1 Å². The van der Waals surface area contributed by atoms with Crippen molar-refractivity contribution in [3.63, 3.8) is 0 Å². The van der Waals surface area contributed by atoms with Crippen molar-refractivity contribution in [3.05, 3.63) is 24.3 Å². The van der Waals surface area contributed by atoms with E-state index in [-0.39, 0.29) is 12.0 Å². The van der Waals surface area contributed by atoms with Crippen molar-refractivity contribution in [1.82, 2.24) is 5.32 Å². The second-order valence-corrected chi connectivity index (χ2v) is 6.00. The third kappa shape index (κ3) is 3.91. The zero-order valence-electron chi connectivity index (χ0n) is 13.4. The molecule has 3 amide bonds. The van der Waals surface area contributed by atoms with Crippen molar-refractivity contribution in [3.8, 4) is 0 Å². The number of rotatable bonds is 4. The standard InChI is InChI=1S/C17H21N3O4/c21-15-7-2-8-20(15)13-5-1-4-12(10-13)19-17(23)16(22)18-11-14-6-3-9-24-14/h1,4-5,10,14H,2-3,6-9,11H2,(H,18,22)(H,19,23)/t14-/m1/s1. The third-order valence-corrected chi connectivity index (χ3v) is 4.21. The van der Waals surface area contributed by atoms with Crippen molar-refractivity contribution in [2.75, 3.05) is 29.9 Å². The van der Waals surface area contributed by atoms with Crippen LogP contribution in [-0.2, 0) is 19.1 Å². The van der Waals surface area contributed by atoms with Gasteiger partial charge in [0.1, 0.15) is 0 Å². The SMILES string of the molecule is O=C(NC[C@H]1CCCO1)C(=O)Nc1cccc(N2CCCC2=O)c1. The second-order valence-electron chi connectivity index (χ2n) is 6.00. The molecule has 0 aliphatic carbocycles. The minimum atomic E-state index is -0.724. The molecule has 0 spiro atoms. The molecule has 1 aromatic rings. The van der Waals surface area contributed by atoms with Gasteiger partial charge in [-0.1, -0.05) is 6.07 Å². The molecule has 24 heavy (non-hydrogen) atoms. The van der Waals surface area contributed by atoms with Gasteiger partial charge in [-0.05, 0) is 37.5 Å². The zero-order chi connectivity index (χ0) is 16.9. The molecule has 7 heteroatoms. The molecule has 2 saturated heterocycles. The van der Waals surface area contributed by atoms with E-state index in [0.29, 0.717) is 31.8 Å². The lowest BCUT2D eigenvalue weighted by Crippen LogP contribution is -2.39. The van der Waals surface area contributed by atoms with Crippen LogP contribution in [0.25, 0.3) is 0 Å². The van der Waals surface area contributed by atoms with Crippen LogP contribution in [0.1, 0.15) is 25.7 Å². The molecule has 1 atom stereocenters. The highest BCUT2D eigenvalue weighted by molar-refractivity contribution is 6.39. The van der Waals surface area contributed by atoms with Gasteiger partial charge in [-0.15, -0.1) is 0 Å². The van der Waals surface area contributed by atoms with Gasteiger partial charge in [-0.25, -0.2) is 0 Å². The Morgan fingerprint density at radius 2 is 2.12 bits per heavy atom. The molecule has 2 aliphatic rings. The number of ether oxygens (including phenoxy) is 1. The normalized spacial score (nSPS) is 20.2. The summed E-state index contributed by atoms with van der Waals surface area (Å²) in [6.45, 7) is 1.72. The van der Waals surface area contributed by atoms with Crippen LogP contribution in [0, 0.1) is 0 Å². The largest absolute Gasteiger partial charge is 0.376 e. The van der Waals surface area contributed by atoms with Gasteiger partial charge in [0.05, 0.1) is 6.10 Å². The molecule has 0 unspecified atom stereocenters. The predicted octanol–water partition coefficient (Wildman–Crippen LogP) is 1.05. The van der Waals surface area contributed by atoms with Crippen LogP contribution in [0.2, 0.25) is 0 Å². The Bertz CT molecular complexity index is 640. The Hall–Kier alpha value is -2.41. The fourth-order valence-corrected chi connectivity index (χ4v) is 2.95. The summed E-state index contributed by atoms with van der Waals surface area (Å²) in [6.07, 6.45) is 3.25. The highest BCUT2D eigenvalue weighted by atomic mass is 16.5. The number of benzene rings is 1. The van der Waals surface area contributed by atoms with Crippen LogP contribution in [0.15, 0.2) is 24.3 Å². The van der Waals surface area contributed by atoms with E-state index >= 15 is 0 Å². The molecule has 3 rings (SSSR count). The summed E-state index contributed by atoms with van der Waals surface area (Å²) in [6, 6.07) is 6.96. The maximum absolute atomic E-state index is 12.0. The quantitative estimate of drug-likeness (QED) is 0.807. The van der Waals surface area contributed by atoms with Gasteiger partial charge >= 0.3 is 11.8 Å². The van der Waals surface area contributed by atoms with E-state index in [4.69, 9.17) is 4.74 Å². The third-order valence-electron chi connectivity index (χ3n) is 4.21. The van der Waals surface area contributed by atoms with Gasteiger partial charge in [0.2, 0.25) is 5.91 Å². The maximum Gasteiger partial charge on any atom is 0.313 e. The Morgan fingerprint density at radius 3 is 2.83 bits per heavy atom. The van der Waals surface area contributed by atoms with Crippen LogP contribution in [0.4, 0.5) is 11.4 Å². The minimum Gasteiger partial charge on any atom is -0.376 e. The number of amides is 3. The van der Waals surface area contributed by atoms with Crippen LogP contribution < -0.4 is 15.5 Å². The number of nitrogens with one attached hydrogen (secondary N) is 2. The highest BCUT2D eigenvalue weighted by Gasteiger charge is 2.22. The number of nitrogens with zero attached hydrogens (tertiary/aromatic N) is 1. The molecule has 1 aromatic carbocycles. The molecule has 0 aromatic heterocycles. The monoisotopic (exact) mass is 331 g/mol. The van der Waals surface area contributed by atoms with E-state index in [0.717, 1.165) is 24.9 Å². The van der Waals surface area contributed by atoms with Crippen molar-refractivity contribution in [2.45, 2.75) is 31.8 Å². The summed E-state index contributed by atoms with van der Waals surface area (Å²) >= 11 is 0. The van der Waals surface area contributed by atoms with E-state index in [1.807, 2.05) is 6.07 Å². The number of carbonyl (C=O) groups excluding carboxylic acids is 3. The van der Waals surface area contributed by atoms with E-state index in [2.05, 4.69) is 10.6 Å². The average Bonchev–Trinajstić information content (AvgIpc) is 3.24. The smallest absolute Gasteiger partial charge is 0.313 e. The van der Waals surface area contributed by atoms with Gasteiger partial charge in [0.15, 0.2) is 0 Å². The number of anilines is 2. The first kappa shape index (κ1) is 16.4. The van der Waals surface area contributed by atoms with Gasteiger partial charge < -0.3 is 20.3 Å². The Balaban J connectivity index is 1.55. The molecule has 7 nitrogen and oxygen atoms in total. The maximum atomic E-state index is 12.0. The molecule has 0 saturated carbocycles. The minimum absolute atomic E-state index is 0.00810. The van der Waals surface area contributed by atoms with Crippen LogP contribution in [-0.4, -0.2) is 43.5 Å². The summed E-state index contributed by atoms with van der Waals surface area (Å²) in [5, 5.41) is 5.15. The lowest BCUT2D eigenvalue weighted by molar-refractivity contribution is -0.136. The van der Waals surface area contributed by atoms with Gasteiger partial charge in [0.25, 0.3) is 0 Å². The lowest BCUT2D eigenvalue weighted by atomic mass is 10.2. The van der Waals surface area contributed by atoms with E-state index in [9.17, 15) is 14.4 Å². The number of carbonyl (C=O) groups is 3. The van der Waals surface area contributed by atoms with Gasteiger partial charge in [-0.3, -0.25) is 14.4 Å². The molecular formula is C17H21N3O4. The summed E-state index contributed by atoms with van der Waals surface area (Å²) in [4.78, 5) is 37.3. The predicted molar refractivity (Wildman–Crippen MR) is 88.6 cm³/mol. The first-order chi connectivity index (χ1) is 11.6. The Labute approximate surface area is 140 Å². The van der Waals surface area contributed by atoms with E-state index in [1.54, 1.807) is 23.1 Å². The first-order valence-corrected chi connectivity index (χ1v) is 8.25. The van der Waals surface area contributed by atoms with Gasteiger partial charge in [0, 0.05) is 37.5 Å². The topological polar surface area (TPSA) is 87.7 Å². The summed E-state index contributed by atoms with van der Waals surface area (Å²) in [5.41, 5.74) is 1.22. The second kappa shape index (κ2) is 7.44. The Kier molecular flexibility index (Phi) is 5.10. The zero-order valence-corrected chi connectivity index (χ0v) is 13.4. The van der Waals surface area contributed by atoms with Crippen LogP contribution in [0.3, 0.4) is 0 Å². The fraction of sp³-hybridized carbons (Fsp3) is 0.471. The molecular weight excluding hydrogens is 310 g/mol. The lowest BCUT2D eigenvalue weighted by Gasteiger charge is -2.16. The average molecular weight is 331 g/mol. The molecule has 2 N–H and O–H groups in total. The summed E-state index contributed by atoms with van der Waals surface area (Å²) in [5.74, 6) is -1.33. The van der Waals surface area contributed by atoms with Gasteiger partial charge in [-0.2, -0.15) is 0 Å². The first-order valence-electron chi connectivity index (χ1n) is 8.25. The summed E-state index contributed by atoms with van der Waals surface area (Å²) in [7, 11) is 0. The number of hydrogen-bond acceptors (Lipinski definition) is 4. The molecule has 2 aliphatic heterocycles. The fourth-order valence-electron chi connectivity index (χ4n) is 2.95. The number of hydrogen-bond donors (Lipinski definition) is 2. The van der Waals surface area contributed by atoms with E-state index < -0.39 is 11.8 Å². The van der Waals surface area contributed by atoms with Crippen molar-refractivity contribution in [2.24, 2.45) is 0 Å². The summed E-state index contributed by atoms with van der Waals surface area (Å²) < 4.78 is 5.40. The van der Waals surface area contributed by atoms with Crippen molar-refractivity contribution < 1.29 is 19.1 Å². The van der Waals surface area contributed by atoms with Crippen LogP contribution >= 0.6 is 0 Å². The van der Waals surface area contributed by atoms with Crippen LogP contribution in [0.5, 0.6) is 0 Å².